The van der Waals surface area contributed by atoms with Crippen molar-refractivity contribution >= 4 is 33.4 Å². The quantitative estimate of drug-likeness (QED) is 0.172. The summed E-state index contributed by atoms with van der Waals surface area (Å²) in [5.41, 5.74) is 16.1. The van der Waals surface area contributed by atoms with Crippen LogP contribution in [0, 0.1) is 0 Å². The fourth-order valence-corrected chi connectivity index (χ4v) is 8.09. The number of nitrogens with one attached hydrogen (secondary N) is 2. The first-order valence-corrected chi connectivity index (χ1v) is 19.3. The van der Waals surface area contributed by atoms with E-state index in [1.54, 1.807) is 0 Å². The van der Waals surface area contributed by atoms with Crippen molar-refractivity contribution in [2.75, 3.05) is 5.32 Å². The molecule has 3 heteroatoms. The molecule has 0 fully saturated rings. The third-order valence-electron chi connectivity index (χ3n) is 10.9. The van der Waals surface area contributed by atoms with Gasteiger partial charge in [-0.15, -0.1) is 0 Å². The minimum atomic E-state index is -0.295. The third kappa shape index (κ3) is 6.50. The Morgan fingerprint density at radius 1 is 0.411 bits per heavy atom. The summed E-state index contributed by atoms with van der Waals surface area (Å²) in [5.74, 6) is 0. The van der Waals surface area contributed by atoms with Crippen LogP contribution in [0.4, 0.5) is 5.69 Å². The fourth-order valence-electron chi connectivity index (χ4n) is 8.09. The first-order chi connectivity index (χ1) is 27.7. The molecule has 2 heterocycles. The number of hydrogen-bond acceptors (Lipinski definition) is 3. The van der Waals surface area contributed by atoms with Gasteiger partial charge < -0.3 is 10.6 Å². The third-order valence-corrected chi connectivity index (χ3v) is 10.9. The van der Waals surface area contributed by atoms with Crippen molar-refractivity contribution in [1.82, 2.24) is 5.32 Å². The van der Waals surface area contributed by atoms with E-state index in [1.165, 1.54) is 55.3 Å². The van der Waals surface area contributed by atoms with E-state index < -0.39 is 0 Å². The number of aliphatic imine (C=N–C) groups is 1. The van der Waals surface area contributed by atoms with Gasteiger partial charge in [-0.1, -0.05) is 176 Å². The van der Waals surface area contributed by atoms with Gasteiger partial charge >= 0.3 is 0 Å². The molecule has 2 N–H and O–H groups in total. The van der Waals surface area contributed by atoms with Gasteiger partial charge in [0.2, 0.25) is 0 Å². The number of benzene rings is 8. The molecule has 2 unspecified atom stereocenters. The van der Waals surface area contributed by atoms with Crippen LogP contribution < -0.4 is 10.6 Å². The minimum absolute atomic E-state index is 0.0702. The average Bonchev–Trinajstić information content (AvgIpc) is 3.29. The molecule has 8 aromatic rings. The predicted octanol–water partition coefficient (Wildman–Crippen LogP) is 12.9. The number of allylic oxidation sites excluding steroid dienone is 1. The van der Waals surface area contributed by atoms with Gasteiger partial charge in [0.15, 0.2) is 0 Å². The summed E-state index contributed by atoms with van der Waals surface area (Å²) in [6.07, 6.45) is 4.29. The van der Waals surface area contributed by atoms with E-state index in [9.17, 15) is 0 Å². The van der Waals surface area contributed by atoms with E-state index >= 15 is 0 Å². The zero-order chi connectivity index (χ0) is 37.3. The van der Waals surface area contributed by atoms with Gasteiger partial charge in [0.1, 0.15) is 6.17 Å². The Bertz CT molecular complexity index is 2790. The summed E-state index contributed by atoms with van der Waals surface area (Å²) in [7, 11) is 0. The Hall–Kier alpha value is -7.23. The zero-order valence-corrected chi connectivity index (χ0v) is 30.8. The van der Waals surface area contributed by atoms with E-state index in [2.05, 4.69) is 223 Å². The maximum absolute atomic E-state index is 5.42. The van der Waals surface area contributed by atoms with Gasteiger partial charge in [-0.3, -0.25) is 4.99 Å². The molecular weight excluding hydrogens is 679 g/mol. The van der Waals surface area contributed by atoms with Crippen molar-refractivity contribution in [1.29, 1.82) is 0 Å². The van der Waals surface area contributed by atoms with Crippen LogP contribution >= 0.6 is 0 Å². The summed E-state index contributed by atoms with van der Waals surface area (Å²) >= 11 is 0. The monoisotopic (exact) mass is 717 g/mol. The van der Waals surface area contributed by atoms with Crippen LogP contribution in [0.2, 0.25) is 0 Å². The number of fused-ring (bicyclic) bond motifs is 3. The Balaban J connectivity index is 1.07. The lowest BCUT2D eigenvalue weighted by Gasteiger charge is -2.29. The van der Waals surface area contributed by atoms with Gasteiger partial charge in [-0.25, -0.2) is 0 Å². The summed E-state index contributed by atoms with van der Waals surface area (Å²) < 4.78 is 0. The summed E-state index contributed by atoms with van der Waals surface area (Å²) in [6, 6.07) is 71.5. The summed E-state index contributed by atoms with van der Waals surface area (Å²) in [4.78, 5) is 5.42. The molecule has 2 atom stereocenters. The molecule has 0 saturated heterocycles. The molecule has 266 valence electrons. The number of anilines is 1. The summed E-state index contributed by atoms with van der Waals surface area (Å²) in [5, 5.41) is 10.1. The minimum Gasteiger partial charge on any atom is -0.374 e. The maximum Gasteiger partial charge on any atom is 0.145 e. The van der Waals surface area contributed by atoms with Crippen molar-refractivity contribution in [3.63, 3.8) is 0 Å². The highest BCUT2D eigenvalue weighted by molar-refractivity contribution is 6.13. The lowest BCUT2D eigenvalue weighted by molar-refractivity contribution is 0.665. The highest BCUT2D eigenvalue weighted by Crippen LogP contribution is 2.43. The van der Waals surface area contributed by atoms with Crippen LogP contribution in [0.3, 0.4) is 0 Å². The Labute approximate surface area is 328 Å². The standard InChI is InChI=1S/C53H39N3/c1-5-15-36(16-6-1)40-23-13-25-43(31-40)50-35-51(44-26-14-24-41(32-44)37-17-7-2-8-18-37)56-53(55-50)45-27-29-46-42(33-45)28-30-48-52(46)47(38-19-9-3-10-20-38)34-49(54-48)39-21-11-4-12-22-39/h1-35,49,53-55H. The first-order valence-electron chi connectivity index (χ1n) is 19.3. The number of hydrogen-bond donors (Lipinski definition) is 2. The second-order valence-corrected chi connectivity index (χ2v) is 14.5. The van der Waals surface area contributed by atoms with Crippen molar-refractivity contribution in [2.24, 2.45) is 4.99 Å². The SMILES string of the molecule is C1=C(c2cccc(-c3ccccc3)c2)NC(c2ccc3c4c(ccc3c2)NC(c2ccccc2)C=C4c2ccccc2)N=C1c1cccc(-c2ccccc2)c1. The van der Waals surface area contributed by atoms with Crippen LogP contribution in [0.25, 0.3) is 44.3 Å². The molecule has 0 spiro atoms. The molecule has 2 aliphatic heterocycles. The second kappa shape index (κ2) is 14.5. The van der Waals surface area contributed by atoms with E-state index in [4.69, 9.17) is 4.99 Å². The van der Waals surface area contributed by atoms with Crippen LogP contribution in [0.1, 0.15) is 45.6 Å². The molecular formula is C53H39N3. The van der Waals surface area contributed by atoms with Crippen molar-refractivity contribution in [3.05, 3.63) is 246 Å². The molecule has 0 amide bonds. The second-order valence-electron chi connectivity index (χ2n) is 14.5. The molecule has 2 aliphatic rings. The highest BCUT2D eigenvalue weighted by atomic mass is 15.1. The highest BCUT2D eigenvalue weighted by Gasteiger charge is 2.25. The Morgan fingerprint density at radius 3 is 1.66 bits per heavy atom. The Kier molecular flexibility index (Phi) is 8.66. The molecule has 8 aromatic carbocycles. The van der Waals surface area contributed by atoms with Crippen molar-refractivity contribution < 1.29 is 0 Å². The van der Waals surface area contributed by atoms with Crippen LogP contribution in [0.5, 0.6) is 0 Å². The fraction of sp³-hybridized carbons (Fsp3) is 0.0377. The van der Waals surface area contributed by atoms with E-state index in [0.29, 0.717) is 0 Å². The summed E-state index contributed by atoms with van der Waals surface area (Å²) in [6.45, 7) is 0. The van der Waals surface area contributed by atoms with Crippen molar-refractivity contribution in [2.45, 2.75) is 12.2 Å². The van der Waals surface area contributed by atoms with Gasteiger partial charge in [-0.2, -0.15) is 0 Å². The average molecular weight is 718 g/mol. The van der Waals surface area contributed by atoms with Gasteiger partial charge in [0.25, 0.3) is 0 Å². The lowest BCUT2D eigenvalue weighted by atomic mass is 9.86. The number of nitrogens with zero attached hydrogens (tertiary/aromatic N) is 1. The molecule has 0 saturated carbocycles. The van der Waals surface area contributed by atoms with Gasteiger partial charge in [0.05, 0.1) is 11.8 Å². The predicted molar refractivity (Wildman–Crippen MR) is 234 cm³/mol. The molecule has 0 radical (unpaired) electrons. The zero-order valence-electron chi connectivity index (χ0n) is 30.8. The smallest absolute Gasteiger partial charge is 0.145 e. The van der Waals surface area contributed by atoms with E-state index in [-0.39, 0.29) is 12.2 Å². The van der Waals surface area contributed by atoms with E-state index in [0.717, 1.165) is 33.8 Å². The molecule has 0 aliphatic carbocycles. The molecule has 56 heavy (non-hydrogen) atoms. The molecule has 0 bridgehead atoms. The normalized spacial score (nSPS) is 16.1. The molecule has 0 aromatic heterocycles. The maximum atomic E-state index is 5.42. The van der Waals surface area contributed by atoms with E-state index in [1.807, 2.05) is 0 Å². The first kappa shape index (κ1) is 33.3. The van der Waals surface area contributed by atoms with Gasteiger partial charge in [0, 0.05) is 22.5 Å². The Morgan fingerprint density at radius 2 is 0.982 bits per heavy atom. The lowest BCUT2D eigenvalue weighted by Crippen LogP contribution is -2.25. The van der Waals surface area contributed by atoms with Crippen LogP contribution in [-0.4, -0.2) is 5.71 Å². The topological polar surface area (TPSA) is 36.4 Å². The van der Waals surface area contributed by atoms with Crippen molar-refractivity contribution in [3.8, 4) is 22.3 Å². The van der Waals surface area contributed by atoms with Crippen LogP contribution in [0.15, 0.2) is 217 Å². The molecule has 3 nitrogen and oxygen atoms in total. The largest absolute Gasteiger partial charge is 0.374 e. The van der Waals surface area contributed by atoms with Gasteiger partial charge in [-0.05, 0) is 97.3 Å². The van der Waals surface area contributed by atoms with Crippen LogP contribution in [-0.2, 0) is 0 Å². The number of rotatable bonds is 7. The molecule has 10 rings (SSSR count).